The summed E-state index contributed by atoms with van der Waals surface area (Å²) in [6.07, 6.45) is -0.469. The maximum absolute atomic E-state index is 13.9. The molecule has 234 valence electrons. The molecule has 10 nitrogen and oxygen atoms in total. The molecule has 0 N–H and O–H groups in total. The minimum Gasteiger partial charge on any atom is -0.463 e. The highest BCUT2D eigenvalue weighted by molar-refractivity contribution is 5.87. The maximum atomic E-state index is 13.9. The summed E-state index contributed by atoms with van der Waals surface area (Å²) < 4.78 is 53.4. The van der Waals surface area contributed by atoms with E-state index >= 15 is 0 Å². The number of carbonyl (C=O) groups is 1. The van der Waals surface area contributed by atoms with Crippen LogP contribution in [0.1, 0.15) is 36.1 Å². The lowest BCUT2D eigenvalue weighted by molar-refractivity contribution is -0.137. The molecule has 4 aliphatic heterocycles. The number of rotatable bonds is 9. The van der Waals surface area contributed by atoms with Gasteiger partial charge in [-0.05, 0) is 37.5 Å². The predicted octanol–water partition coefficient (Wildman–Crippen LogP) is 3.42. The van der Waals surface area contributed by atoms with E-state index in [2.05, 4.69) is 17.5 Å². The molecule has 6 rings (SSSR count). The van der Waals surface area contributed by atoms with Crippen molar-refractivity contribution in [1.29, 1.82) is 5.26 Å². The van der Waals surface area contributed by atoms with E-state index in [1.807, 2.05) is 4.90 Å². The molecular weight excluding hydrogens is 575 g/mol. The minimum atomic E-state index is -4.48. The summed E-state index contributed by atoms with van der Waals surface area (Å²) in [7, 11) is 0. The summed E-state index contributed by atoms with van der Waals surface area (Å²) >= 11 is 0. The lowest BCUT2D eigenvalue weighted by atomic mass is 10.0. The van der Waals surface area contributed by atoms with Crippen molar-refractivity contribution in [2.45, 2.75) is 56.6 Å². The van der Waals surface area contributed by atoms with Gasteiger partial charge in [0.1, 0.15) is 5.82 Å². The van der Waals surface area contributed by atoms with Crippen LogP contribution in [0.4, 0.5) is 24.7 Å². The topological polar surface area (TPSA) is 98.1 Å². The first-order valence-electron chi connectivity index (χ1n) is 15.1. The van der Waals surface area contributed by atoms with Crippen molar-refractivity contribution in [3.63, 3.8) is 0 Å². The third-order valence-corrected chi connectivity index (χ3v) is 8.97. The average molecular weight is 612 g/mol. The first-order chi connectivity index (χ1) is 21.2. The van der Waals surface area contributed by atoms with Crippen molar-refractivity contribution in [2.24, 2.45) is 0 Å². The number of likely N-dealkylation sites (tertiary alicyclic amines) is 1. The summed E-state index contributed by atoms with van der Waals surface area (Å²) in [5.74, 6) is 0.423. The third-order valence-electron chi connectivity index (χ3n) is 8.97. The van der Waals surface area contributed by atoms with E-state index in [9.17, 15) is 23.2 Å². The molecule has 4 aliphatic rings. The lowest BCUT2D eigenvalue weighted by Crippen LogP contribution is -2.55. The van der Waals surface area contributed by atoms with Crippen LogP contribution in [-0.2, 0) is 28.7 Å². The number of alkyl halides is 3. The Hall–Kier alpha value is -3.89. The fourth-order valence-electron chi connectivity index (χ4n) is 6.83. The molecule has 2 aromatic rings. The molecule has 3 fully saturated rings. The Kier molecular flexibility index (Phi) is 8.64. The highest BCUT2D eigenvalue weighted by Crippen LogP contribution is 2.39. The molecule has 3 atom stereocenters. The zero-order chi connectivity index (χ0) is 30.8. The number of benzene rings is 1. The van der Waals surface area contributed by atoms with Gasteiger partial charge in [-0.1, -0.05) is 18.7 Å². The van der Waals surface area contributed by atoms with E-state index in [4.69, 9.17) is 19.4 Å². The number of para-hydroxylation sites is 1. The van der Waals surface area contributed by atoms with Crippen molar-refractivity contribution in [3.05, 3.63) is 53.7 Å². The highest BCUT2D eigenvalue weighted by Gasteiger charge is 2.39. The van der Waals surface area contributed by atoms with Gasteiger partial charge in [0.05, 0.1) is 55.7 Å². The monoisotopic (exact) mass is 611 g/mol. The number of carbonyl (C=O) groups excluding carboxylic acids is 1. The van der Waals surface area contributed by atoms with Crippen LogP contribution < -0.4 is 14.5 Å². The molecule has 2 bridgehead atoms. The summed E-state index contributed by atoms with van der Waals surface area (Å²) in [5, 5.41) is 9.46. The first kappa shape index (κ1) is 30.1. The van der Waals surface area contributed by atoms with Crippen molar-refractivity contribution in [3.8, 4) is 12.1 Å². The Morgan fingerprint density at radius 3 is 2.75 bits per heavy atom. The molecule has 3 saturated heterocycles. The van der Waals surface area contributed by atoms with E-state index in [1.165, 1.54) is 18.2 Å². The molecule has 3 unspecified atom stereocenters. The second-order valence-corrected chi connectivity index (χ2v) is 11.7. The van der Waals surface area contributed by atoms with Gasteiger partial charge in [-0.15, -0.1) is 0 Å². The molecule has 44 heavy (non-hydrogen) atoms. The Labute approximate surface area is 254 Å². The standard InChI is InChI=1S/C31H36F3N7O3/c1-2-28(42)41-14-13-40(17-21(41)8-10-35)29-24-9-12-39(27-7-4-3-6-25(27)31(32,33)34)19-26(24)36-30(37-29)43-15-5-11-38-18-23-16-22(38)20-44-23/h2-4,6-7,21-23H,1,5,8-9,11-20H2. The van der Waals surface area contributed by atoms with Gasteiger partial charge in [-0.2, -0.15) is 28.4 Å². The van der Waals surface area contributed by atoms with Crippen LogP contribution in [0, 0.1) is 11.3 Å². The third kappa shape index (κ3) is 6.19. The molecule has 0 spiro atoms. The van der Waals surface area contributed by atoms with E-state index in [-0.39, 0.29) is 36.6 Å². The van der Waals surface area contributed by atoms with Crippen LogP contribution in [0.3, 0.4) is 0 Å². The van der Waals surface area contributed by atoms with Gasteiger partial charge in [-0.3, -0.25) is 9.69 Å². The van der Waals surface area contributed by atoms with Gasteiger partial charge >= 0.3 is 12.2 Å². The van der Waals surface area contributed by atoms with Gasteiger partial charge in [0.15, 0.2) is 0 Å². The average Bonchev–Trinajstić information content (AvgIpc) is 3.66. The van der Waals surface area contributed by atoms with Crippen LogP contribution >= 0.6 is 0 Å². The summed E-state index contributed by atoms with van der Waals surface area (Å²) in [5.41, 5.74) is 0.898. The molecule has 5 heterocycles. The number of amides is 1. The number of piperazine rings is 1. The largest absolute Gasteiger partial charge is 0.463 e. The Morgan fingerprint density at radius 2 is 2.02 bits per heavy atom. The number of hydrogen-bond acceptors (Lipinski definition) is 9. The summed E-state index contributed by atoms with van der Waals surface area (Å²) in [4.78, 5) is 29.8. The van der Waals surface area contributed by atoms with Gasteiger partial charge < -0.3 is 24.2 Å². The zero-order valence-electron chi connectivity index (χ0n) is 24.5. The van der Waals surface area contributed by atoms with Crippen molar-refractivity contribution in [2.75, 3.05) is 62.3 Å². The predicted molar refractivity (Wildman–Crippen MR) is 156 cm³/mol. The first-order valence-corrected chi connectivity index (χ1v) is 15.1. The summed E-state index contributed by atoms with van der Waals surface area (Å²) in [6.45, 7) is 8.34. The van der Waals surface area contributed by atoms with Crippen molar-refractivity contribution >= 4 is 17.4 Å². The van der Waals surface area contributed by atoms with Crippen LogP contribution in [0.25, 0.3) is 0 Å². The molecule has 0 radical (unpaired) electrons. The number of ether oxygens (including phenoxy) is 2. The number of nitrogens with zero attached hydrogens (tertiary/aromatic N) is 7. The molecule has 0 aliphatic carbocycles. The number of halogens is 3. The van der Waals surface area contributed by atoms with Gasteiger partial charge in [-0.25, -0.2) is 0 Å². The number of morpholine rings is 1. The molecular formula is C31H36F3N7O3. The van der Waals surface area contributed by atoms with Crippen molar-refractivity contribution < 1.29 is 27.4 Å². The van der Waals surface area contributed by atoms with Gasteiger partial charge in [0.25, 0.3) is 0 Å². The highest BCUT2D eigenvalue weighted by atomic mass is 19.4. The number of aromatic nitrogens is 2. The molecule has 0 saturated carbocycles. The second kappa shape index (κ2) is 12.6. The van der Waals surface area contributed by atoms with Crippen LogP contribution in [0.15, 0.2) is 36.9 Å². The van der Waals surface area contributed by atoms with E-state index < -0.39 is 11.7 Å². The molecule has 1 amide bonds. The fraction of sp³-hybridized carbons (Fsp3) is 0.548. The number of nitriles is 1. The smallest absolute Gasteiger partial charge is 0.418 e. The molecule has 1 aromatic carbocycles. The summed E-state index contributed by atoms with van der Waals surface area (Å²) in [6, 6.07) is 8.06. The Bertz CT molecular complexity index is 1430. The molecule has 13 heteroatoms. The van der Waals surface area contributed by atoms with E-state index in [0.717, 1.165) is 44.2 Å². The van der Waals surface area contributed by atoms with Crippen LogP contribution in [0.5, 0.6) is 6.01 Å². The Morgan fingerprint density at radius 1 is 1.18 bits per heavy atom. The minimum absolute atomic E-state index is 0.114. The van der Waals surface area contributed by atoms with Crippen molar-refractivity contribution in [1.82, 2.24) is 19.8 Å². The van der Waals surface area contributed by atoms with Gasteiger partial charge in [0.2, 0.25) is 5.91 Å². The zero-order valence-corrected chi connectivity index (χ0v) is 24.5. The fourth-order valence-corrected chi connectivity index (χ4v) is 6.83. The van der Waals surface area contributed by atoms with E-state index in [0.29, 0.717) is 62.9 Å². The Balaban J connectivity index is 1.25. The lowest BCUT2D eigenvalue weighted by Gasteiger charge is -2.42. The maximum Gasteiger partial charge on any atom is 0.418 e. The van der Waals surface area contributed by atoms with Crippen LogP contribution in [0.2, 0.25) is 0 Å². The second-order valence-electron chi connectivity index (χ2n) is 11.7. The quantitative estimate of drug-likeness (QED) is 0.312. The molecule has 1 aromatic heterocycles. The SMILES string of the molecule is C=CC(=O)N1CCN(c2nc(OCCCN3CC4CC3CO4)nc3c2CCN(c2ccccc2C(F)(F)F)C3)CC1CC#N. The number of anilines is 2. The normalized spacial score (nSPS) is 23.4. The van der Waals surface area contributed by atoms with E-state index in [1.54, 1.807) is 15.9 Å². The number of hydrogen-bond donors (Lipinski definition) is 0. The van der Waals surface area contributed by atoms with Crippen LogP contribution in [-0.4, -0.2) is 96.3 Å². The van der Waals surface area contributed by atoms with Gasteiger partial charge in [0, 0.05) is 56.6 Å². The number of fused-ring (bicyclic) bond motifs is 3.